The largest absolute Gasteiger partial charge is 0.463 e. The van der Waals surface area contributed by atoms with E-state index in [9.17, 15) is 9.59 Å². The van der Waals surface area contributed by atoms with Gasteiger partial charge in [-0.1, -0.05) is 18.5 Å². The minimum atomic E-state index is -0.712. The van der Waals surface area contributed by atoms with Crippen LogP contribution in [0.3, 0.4) is 0 Å². The van der Waals surface area contributed by atoms with Gasteiger partial charge in [0.1, 0.15) is 24.5 Å². The van der Waals surface area contributed by atoms with Crippen molar-refractivity contribution in [3.8, 4) is 11.5 Å². The highest BCUT2D eigenvalue weighted by atomic mass is 35.5. The molecule has 0 fully saturated rings. The zero-order valence-corrected chi connectivity index (χ0v) is 17.5. The van der Waals surface area contributed by atoms with E-state index >= 15 is 0 Å². The number of anilines is 1. The van der Waals surface area contributed by atoms with Crippen LogP contribution in [-0.4, -0.2) is 35.2 Å². The first kappa shape index (κ1) is 21.7. The fourth-order valence-corrected chi connectivity index (χ4v) is 3.42. The Morgan fingerprint density at radius 1 is 1.23 bits per heavy atom. The van der Waals surface area contributed by atoms with E-state index in [-0.39, 0.29) is 13.2 Å². The normalized spacial score (nSPS) is 10.8. The second-order valence-electron chi connectivity index (χ2n) is 6.75. The Kier molecular flexibility index (Phi) is 6.97. The van der Waals surface area contributed by atoms with Gasteiger partial charge in [-0.25, -0.2) is 0 Å². The van der Waals surface area contributed by atoms with E-state index in [0.717, 1.165) is 22.9 Å². The van der Waals surface area contributed by atoms with Gasteiger partial charge < -0.3 is 24.9 Å². The molecule has 8 heteroatoms. The second-order valence-corrected chi connectivity index (χ2v) is 7.16. The molecule has 0 atom stereocenters. The number of benzene rings is 2. The minimum Gasteiger partial charge on any atom is -0.463 e. The number of hydrogen-bond acceptors (Lipinski definition) is 5. The number of halogens is 1. The van der Waals surface area contributed by atoms with Crippen LogP contribution in [-0.2, 0) is 20.7 Å². The zero-order valence-electron chi connectivity index (χ0n) is 16.8. The molecule has 0 aliphatic carbocycles. The molecular weight excluding hydrogens is 408 g/mol. The lowest BCUT2D eigenvalue weighted by Gasteiger charge is -2.14. The molecule has 158 valence electrons. The van der Waals surface area contributed by atoms with Crippen molar-refractivity contribution in [2.75, 3.05) is 18.5 Å². The van der Waals surface area contributed by atoms with Crippen LogP contribution < -0.4 is 10.1 Å². The van der Waals surface area contributed by atoms with Crippen molar-refractivity contribution < 1.29 is 24.2 Å². The van der Waals surface area contributed by atoms with Crippen LogP contribution in [0.5, 0.6) is 11.5 Å². The summed E-state index contributed by atoms with van der Waals surface area (Å²) in [5, 5.41) is 12.7. The van der Waals surface area contributed by atoms with Gasteiger partial charge in [-0.3, -0.25) is 9.59 Å². The first-order valence-electron chi connectivity index (χ1n) is 9.55. The summed E-state index contributed by atoms with van der Waals surface area (Å²) < 4.78 is 10.7. The van der Waals surface area contributed by atoms with Crippen LogP contribution in [0.1, 0.15) is 24.5 Å². The SMILES string of the molecule is CCc1c[nH]c2ccc(Oc3c(C)cc(NC(=O)CC(=O)OCCO)cc3Cl)cc12. The summed E-state index contributed by atoms with van der Waals surface area (Å²) in [6.45, 7) is 3.48. The number of aromatic amines is 1. The lowest BCUT2D eigenvalue weighted by Crippen LogP contribution is -2.19. The monoisotopic (exact) mass is 430 g/mol. The third-order valence-corrected chi connectivity index (χ3v) is 4.79. The summed E-state index contributed by atoms with van der Waals surface area (Å²) in [5.41, 5.74) is 3.41. The van der Waals surface area contributed by atoms with Gasteiger partial charge in [0.25, 0.3) is 0 Å². The molecule has 3 rings (SSSR count). The number of nitrogens with one attached hydrogen (secondary N) is 2. The van der Waals surface area contributed by atoms with E-state index in [1.807, 2.05) is 31.3 Å². The number of H-pyrrole nitrogens is 1. The second kappa shape index (κ2) is 9.65. The predicted molar refractivity (Wildman–Crippen MR) is 115 cm³/mol. The van der Waals surface area contributed by atoms with Crippen LogP contribution in [0.2, 0.25) is 5.02 Å². The van der Waals surface area contributed by atoms with E-state index in [2.05, 4.69) is 22.0 Å². The van der Waals surface area contributed by atoms with Gasteiger partial charge in [0, 0.05) is 22.8 Å². The van der Waals surface area contributed by atoms with Crippen molar-refractivity contribution in [2.45, 2.75) is 26.7 Å². The summed E-state index contributed by atoms with van der Waals surface area (Å²) in [4.78, 5) is 26.7. The number of carbonyl (C=O) groups excluding carboxylic acids is 2. The molecule has 0 aliphatic heterocycles. The summed E-state index contributed by atoms with van der Waals surface area (Å²) >= 11 is 6.40. The Labute approximate surface area is 178 Å². The van der Waals surface area contributed by atoms with Gasteiger partial charge in [-0.15, -0.1) is 0 Å². The number of ether oxygens (including phenoxy) is 2. The van der Waals surface area contributed by atoms with Crippen molar-refractivity contribution in [3.05, 3.63) is 52.7 Å². The van der Waals surface area contributed by atoms with Crippen molar-refractivity contribution >= 4 is 40.1 Å². The molecule has 2 aromatic carbocycles. The number of rotatable bonds is 8. The molecule has 1 heterocycles. The van der Waals surface area contributed by atoms with Gasteiger partial charge in [-0.2, -0.15) is 0 Å². The zero-order chi connectivity index (χ0) is 21.7. The van der Waals surface area contributed by atoms with E-state index in [4.69, 9.17) is 21.4 Å². The van der Waals surface area contributed by atoms with Gasteiger partial charge in [-0.05, 0) is 54.8 Å². The topological polar surface area (TPSA) is 101 Å². The van der Waals surface area contributed by atoms with Gasteiger partial charge in [0.2, 0.25) is 5.91 Å². The number of esters is 1. The molecule has 30 heavy (non-hydrogen) atoms. The molecule has 0 unspecified atom stereocenters. The maximum Gasteiger partial charge on any atom is 0.315 e. The van der Waals surface area contributed by atoms with E-state index < -0.39 is 18.3 Å². The Balaban J connectivity index is 1.73. The number of aromatic nitrogens is 1. The highest BCUT2D eigenvalue weighted by Crippen LogP contribution is 2.36. The molecule has 0 spiro atoms. The molecule has 0 aliphatic rings. The molecule has 1 amide bonds. The summed E-state index contributed by atoms with van der Waals surface area (Å²) in [7, 11) is 0. The molecule has 3 aromatic rings. The number of aliphatic hydroxyl groups is 1. The number of carbonyl (C=O) groups is 2. The number of amides is 1. The van der Waals surface area contributed by atoms with Crippen LogP contribution in [0.25, 0.3) is 10.9 Å². The molecule has 0 saturated heterocycles. The third-order valence-electron chi connectivity index (χ3n) is 4.51. The average molecular weight is 431 g/mol. The standard InChI is InChI=1S/C22H23ClN2O5/c1-3-14-12-24-19-5-4-16(10-17(14)19)30-22-13(2)8-15(9-18(22)23)25-20(27)11-21(28)29-7-6-26/h4-5,8-10,12,24,26H,3,6-7,11H2,1-2H3,(H,25,27). The fourth-order valence-electron chi connectivity index (χ4n) is 3.11. The first-order chi connectivity index (χ1) is 14.4. The fraction of sp³-hybridized carbons (Fsp3) is 0.273. The number of aryl methyl sites for hydroxylation is 2. The van der Waals surface area contributed by atoms with Gasteiger partial charge in [0.05, 0.1) is 11.6 Å². The maximum absolute atomic E-state index is 12.0. The molecule has 0 bridgehead atoms. The molecule has 0 saturated carbocycles. The highest BCUT2D eigenvalue weighted by molar-refractivity contribution is 6.32. The Morgan fingerprint density at radius 2 is 2.03 bits per heavy atom. The van der Waals surface area contributed by atoms with E-state index in [1.165, 1.54) is 5.56 Å². The Bertz CT molecular complexity index is 1050. The van der Waals surface area contributed by atoms with E-state index in [1.54, 1.807) is 12.1 Å². The lowest BCUT2D eigenvalue weighted by atomic mass is 10.1. The summed E-state index contributed by atoms with van der Waals surface area (Å²) in [6, 6.07) is 9.06. The van der Waals surface area contributed by atoms with Crippen LogP contribution >= 0.6 is 11.6 Å². The van der Waals surface area contributed by atoms with Crippen molar-refractivity contribution in [2.24, 2.45) is 0 Å². The maximum atomic E-state index is 12.0. The molecule has 0 radical (unpaired) electrons. The minimum absolute atomic E-state index is 0.141. The predicted octanol–water partition coefficient (Wildman–Crippen LogP) is 4.35. The average Bonchev–Trinajstić information content (AvgIpc) is 3.11. The van der Waals surface area contributed by atoms with E-state index in [0.29, 0.717) is 22.2 Å². The smallest absolute Gasteiger partial charge is 0.315 e. The quantitative estimate of drug-likeness (QED) is 0.364. The Morgan fingerprint density at radius 3 is 2.73 bits per heavy atom. The summed E-state index contributed by atoms with van der Waals surface area (Å²) in [5.74, 6) is -0.0989. The number of fused-ring (bicyclic) bond motifs is 1. The molecule has 3 N–H and O–H groups in total. The van der Waals surface area contributed by atoms with Crippen molar-refractivity contribution in [1.82, 2.24) is 4.98 Å². The van der Waals surface area contributed by atoms with Crippen LogP contribution in [0.4, 0.5) is 5.69 Å². The number of hydrogen-bond donors (Lipinski definition) is 3. The molecule has 1 aromatic heterocycles. The van der Waals surface area contributed by atoms with Crippen molar-refractivity contribution in [1.29, 1.82) is 0 Å². The van der Waals surface area contributed by atoms with Crippen LogP contribution in [0.15, 0.2) is 36.5 Å². The van der Waals surface area contributed by atoms with Crippen LogP contribution in [0, 0.1) is 6.92 Å². The summed E-state index contributed by atoms with van der Waals surface area (Å²) in [6.07, 6.45) is 2.44. The Hall–Kier alpha value is -3.03. The highest BCUT2D eigenvalue weighted by Gasteiger charge is 2.14. The van der Waals surface area contributed by atoms with Gasteiger partial charge >= 0.3 is 5.97 Å². The first-order valence-corrected chi connectivity index (χ1v) is 9.93. The third kappa shape index (κ3) is 5.11. The molecular formula is C22H23ClN2O5. The lowest BCUT2D eigenvalue weighted by molar-refractivity contribution is -0.146. The van der Waals surface area contributed by atoms with Crippen molar-refractivity contribution in [3.63, 3.8) is 0 Å². The van der Waals surface area contributed by atoms with Gasteiger partial charge in [0.15, 0.2) is 0 Å². The molecule has 7 nitrogen and oxygen atoms in total. The number of aliphatic hydroxyl groups excluding tert-OH is 1.